The Hall–Kier alpha value is -0.790. The van der Waals surface area contributed by atoms with Crippen LogP contribution in [0.25, 0.3) is 0 Å². The third-order valence-corrected chi connectivity index (χ3v) is 2.87. The van der Waals surface area contributed by atoms with Crippen molar-refractivity contribution in [3.05, 3.63) is 12.3 Å². The maximum atomic E-state index is 7.90. The number of rotatable bonds is 6. The zero-order valence-electron chi connectivity index (χ0n) is 13.3. The summed E-state index contributed by atoms with van der Waals surface area (Å²) in [6.45, 7) is 16.4. The summed E-state index contributed by atoms with van der Waals surface area (Å²) in [5, 5.41) is 7.90. The lowest BCUT2D eigenvalue weighted by atomic mass is 10.1. The monoisotopic (exact) mass is 254 g/mol. The minimum absolute atomic E-state index is 0.750. The topological polar surface area (TPSA) is 27.1 Å². The van der Waals surface area contributed by atoms with Gasteiger partial charge >= 0.3 is 0 Å². The van der Waals surface area contributed by atoms with Gasteiger partial charge in [-0.2, -0.15) is 0 Å². The summed E-state index contributed by atoms with van der Waals surface area (Å²) >= 11 is 0. The third-order valence-electron chi connectivity index (χ3n) is 2.87. The standard InChI is InChI=1S/C12H22N2.2C2H6/c1-3-4-5-8-12(13)11(2)14-9-6-7-10-14;2*1-2/h13H,2-10H2,1H3;2*1-2H3. The van der Waals surface area contributed by atoms with Crippen molar-refractivity contribution in [2.75, 3.05) is 13.1 Å². The Kier molecular flexibility index (Phi) is 15.5. The molecule has 1 N–H and O–H groups in total. The number of unbranched alkanes of at least 4 members (excludes halogenated alkanes) is 2. The van der Waals surface area contributed by atoms with E-state index in [1.54, 1.807) is 0 Å². The minimum atomic E-state index is 0.750. The van der Waals surface area contributed by atoms with Crippen molar-refractivity contribution >= 4 is 5.71 Å². The van der Waals surface area contributed by atoms with Crippen LogP contribution in [0.4, 0.5) is 0 Å². The van der Waals surface area contributed by atoms with Crippen LogP contribution in [0.5, 0.6) is 0 Å². The minimum Gasteiger partial charge on any atom is -0.371 e. The fourth-order valence-corrected chi connectivity index (χ4v) is 1.87. The van der Waals surface area contributed by atoms with E-state index in [0.717, 1.165) is 37.3 Å². The van der Waals surface area contributed by atoms with Gasteiger partial charge in [0.25, 0.3) is 0 Å². The second kappa shape index (κ2) is 14.3. The van der Waals surface area contributed by atoms with Gasteiger partial charge in [-0.15, -0.1) is 0 Å². The second-order valence-electron chi connectivity index (χ2n) is 4.08. The molecule has 108 valence electrons. The van der Waals surface area contributed by atoms with Crippen LogP contribution in [0, 0.1) is 5.41 Å². The molecule has 2 nitrogen and oxygen atoms in total. The van der Waals surface area contributed by atoms with Crippen molar-refractivity contribution in [1.29, 1.82) is 5.41 Å². The van der Waals surface area contributed by atoms with E-state index in [0.29, 0.717) is 0 Å². The van der Waals surface area contributed by atoms with Crippen molar-refractivity contribution in [3.8, 4) is 0 Å². The van der Waals surface area contributed by atoms with Gasteiger partial charge in [0.15, 0.2) is 0 Å². The van der Waals surface area contributed by atoms with Gasteiger partial charge < -0.3 is 10.3 Å². The van der Waals surface area contributed by atoms with Crippen molar-refractivity contribution in [2.45, 2.75) is 73.1 Å². The fraction of sp³-hybridized carbons (Fsp3) is 0.812. The molecular formula is C16H34N2. The highest BCUT2D eigenvalue weighted by Crippen LogP contribution is 2.16. The molecule has 1 saturated heterocycles. The van der Waals surface area contributed by atoms with E-state index in [-0.39, 0.29) is 0 Å². The third kappa shape index (κ3) is 8.32. The van der Waals surface area contributed by atoms with E-state index in [1.165, 1.54) is 25.7 Å². The number of nitrogens with zero attached hydrogens (tertiary/aromatic N) is 1. The lowest BCUT2D eigenvalue weighted by molar-refractivity contribution is 0.447. The molecule has 0 saturated carbocycles. The van der Waals surface area contributed by atoms with Gasteiger partial charge in [0, 0.05) is 13.1 Å². The van der Waals surface area contributed by atoms with E-state index < -0.39 is 0 Å². The van der Waals surface area contributed by atoms with Crippen LogP contribution in [-0.4, -0.2) is 23.7 Å². The quantitative estimate of drug-likeness (QED) is 0.509. The Morgan fingerprint density at radius 1 is 1.06 bits per heavy atom. The highest BCUT2D eigenvalue weighted by atomic mass is 15.2. The summed E-state index contributed by atoms with van der Waals surface area (Å²) in [6, 6.07) is 0. The molecule has 0 aromatic rings. The molecule has 0 radical (unpaired) electrons. The molecule has 18 heavy (non-hydrogen) atoms. The van der Waals surface area contributed by atoms with Gasteiger partial charge in [0.05, 0.1) is 11.4 Å². The predicted molar refractivity (Wildman–Crippen MR) is 84.5 cm³/mol. The molecule has 0 unspecified atom stereocenters. The molecule has 0 amide bonds. The summed E-state index contributed by atoms with van der Waals surface area (Å²) in [4.78, 5) is 2.26. The van der Waals surface area contributed by atoms with E-state index >= 15 is 0 Å². The number of nitrogens with one attached hydrogen (secondary N) is 1. The molecule has 0 spiro atoms. The molecule has 1 rings (SSSR count). The van der Waals surface area contributed by atoms with Crippen molar-refractivity contribution in [1.82, 2.24) is 4.90 Å². The smallest absolute Gasteiger partial charge is 0.0540 e. The van der Waals surface area contributed by atoms with Crippen LogP contribution in [0.1, 0.15) is 73.1 Å². The average Bonchev–Trinajstić information content (AvgIpc) is 2.96. The van der Waals surface area contributed by atoms with Crippen LogP contribution < -0.4 is 0 Å². The first kappa shape index (κ1) is 19.5. The normalized spacial score (nSPS) is 13.1. The van der Waals surface area contributed by atoms with Gasteiger partial charge in [-0.25, -0.2) is 0 Å². The average molecular weight is 254 g/mol. The molecular weight excluding hydrogens is 220 g/mol. The first-order valence-electron chi connectivity index (χ1n) is 7.77. The predicted octanol–water partition coefficient (Wildman–Crippen LogP) is 5.25. The molecule has 0 aromatic carbocycles. The van der Waals surface area contributed by atoms with E-state index in [1.807, 2.05) is 27.7 Å². The molecule has 1 aliphatic rings. The molecule has 0 aliphatic carbocycles. The van der Waals surface area contributed by atoms with Gasteiger partial charge in [0.2, 0.25) is 0 Å². The Labute approximate surface area is 115 Å². The summed E-state index contributed by atoms with van der Waals surface area (Å²) in [5.41, 5.74) is 1.72. The first-order valence-corrected chi connectivity index (χ1v) is 7.77. The van der Waals surface area contributed by atoms with Crippen LogP contribution in [-0.2, 0) is 0 Å². The second-order valence-corrected chi connectivity index (χ2v) is 4.08. The Bertz CT molecular complexity index is 203. The largest absolute Gasteiger partial charge is 0.371 e. The fourth-order valence-electron chi connectivity index (χ4n) is 1.87. The number of hydrogen-bond donors (Lipinski definition) is 1. The van der Waals surface area contributed by atoms with Crippen molar-refractivity contribution < 1.29 is 0 Å². The molecule has 2 heteroatoms. The van der Waals surface area contributed by atoms with Crippen molar-refractivity contribution in [2.24, 2.45) is 0 Å². The SMILES string of the molecule is C=C(C(=N)CCCCC)N1CCCC1.CC.CC. The molecule has 1 aliphatic heterocycles. The van der Waals surface area contributed by atoms with E-state index in [2.05, 4.69) is 18.4 Å². The Balaban J connectivity index is 0. The van der Waals surface area contributed by atoms with Gasteiger partial charge in [-0.1, -0.05) is 54.0 Å². The molecule has 1 fully saturated rings. The highest BCUT2D eigenvalue weighted by Gasteiger charge is 2.15. The van der Waals surface area contributed by atoms with Gasteiger partial charge in [-0.3, -0.25) is 0 Å². The van der Waals surface area contributed by atoms with Gasteiger partial charge in [-0.05, 0) is 25.7 Å². The lowest BCUT2D eigenvalue weighted by Gasteiger charge is -2.20. The summed E-state index contributed by atoms with van der Waals surface area (Å²) < 4.78 is 0. The Morgan fingerprint density at radius 3 is 2.00 bits per heavy atom. The van der Waals surface area contributed by atoms with Crippen LogP contribution in [0.2, 0.25) is 0 Å². The van der Waals surface area contributed by atoms with Crippen molar-refractivity contribution in [3.63, 3.8) is 0 Å². The van der Waals surface area contributed by atoms with E-state index in [4.69, 9.17) is 5.41 Å². The Morgan fingerprint density at radius 2 is 1.56 bits per heavy atom. The molecule has 0 aromatic heterocycles. The molecule has 0 bridgehead atoms. The number of hydrogen-bond acceptors (Lipinski definition) is 2. The van der Waals surface area contributed by atoms with Crippen LogP contribution >= 0.6 is 0 Å². The van der Waals surface area contributed by atoms with E-state index in [9.17, 15) is 0 Å². The highest BCUT2D eigenvalue weighted by molar-refractivity contribution is 5.96. The summed E-state index contributed by atoms with van der Waals surface area (Å²) in [7, 11) is 0. The van der Waals surface area contributed by atoms with Gasteiger partial charge in [0.1, 0.15) is 0 Å². The zero-order valence-corrected chi connectivity index (χ0v) is 13.3. The maximum absolute atomic E-state index is 7.90. The molecule has 1 heterocycles. The lowest BCUT2D eigenvalue weighted by Crippen LogP contribution is -2.23. The summed E-state index contributed by atoms with van der Waals surface area (Å²) in [6.07, 6.45) is 7.03. The first-order chi connectivity index (χ1) is 8.75. The number of allylic oxidation sites excluding steroid dienone is 1. The maximum Gasteiger partial charge on any atom is 0.0540 e. The summed E-state index contributed by atoms with van der Waals surface area (Å²) in [5.74, 6) is 0. The molecule has 0 atom stereocenters. The number of likely N-dealkylation sites (tertiary alicyclic amines) is 1. The zero-order chi connectivity index (χ0) is 14.4. The van der Waals surface area contributed by atoms with Crippen LogP contribution in [0.3, 0.4) is 0 Å². The van der Waals surface area contributed by atoms with Crippen LogP contribution in [0.15, 0.2) is 12.3 Å².